The van der Waals surface area contributed by atoms with Gasteiger partial charge in [0.25, 0.3) is 0 Å². The highest BCUT2D eigenvalue weighted by Gasteiger charge is 2.44. The number of ether oxygens (including phenoxy) is 1. The molecule has 3 aliphatic rings. The maximum Gasteiger partial charge on any atom is 0.0685 e. The molecule has 0 aromatic rings. The van der Waals surface area contributed by atoms with Gasteiger partial charge in [-0.1, -0.05) is 18.6 Å². The Morgan fingerprint density at radius 1 is 1.33 bits per heavy atom. The van der Waals surface area contributed by atoms with Gasteiger partial charge in [-0.25, -0.2) is 0 Å². The largest absolute Gasteiger partial charge is 0.375 e. The van der Waals surface area contributed by atoms with Gasteiger partial charge in [0.15, 0.2) is 0 Å². The second-order valence-electron chi connectivity index (χ2n) is 7.51. The summed E-state index contributed by atoms with van der Waals surface area (Å²) >= 11 is 0. The lowest BCUT2D eigenvalue weighted by atomic mass is 9.69. The second kappa shape index (κ2) is 7.28. The minimum atomic E-state index is 0.288. The molecule has 2 heteroatoms. The Balaban J connectivity index is 1.61. The first-order valence-corrected chi connectivity index (χ1v) is 9.36. The molecule has 1 N–H and O–H groups in total. The normalized spacial score (nSPS) is 29.8. The molecule has 1 spiro atoms. The van der Waals surface area contributed by atoms with Crippen LogP contribution in [0.1, 0.15) is 77.6 Å². The Morgan fingerprint density at radius 2 is 2.24 bits per heavy atom. The maximum absolute atomic E-state index is 6.13. The van der Waals surface area contributed by atoms with Crippen LogP contribution >= 0.6 is 0 Å². The second-order valence-corrected chi connectivity index (χ2v) is 7.51. The highest BCUT2D eigenvalue weighted by Crippen LogP contribution is 2.45. The topological polar surface area (TPSA) is 21.3 Å². The summed E-state index contributed by atoms with van der Waals surface area (Å²) < 4.78 is 6.13. The number of allylic oxidation sites excluding steroid dienone is 1. The molecule has 0 aromatic heterocycles. The van der Waals surface area contributed by atoms with E-state index in [4.69, 9.17) is 4.74 Å². The lowest BCUT2D eigenvalue weighted by molar-refractivity contribution is -0.147. The molecular weight excluding hydrogens is 258 g/mol. The summed E-state index contributed by atoms with van der Waals surface area (Å²) in [4.78, 5) is 0. The zero-order chi connectivity index (χ0) is 14.5. The number of hydrogen-bond acceptors (Lipinski definition) is 2. The van der Waals surface area contributed by atoms with Crippen molar-refractivity contribution in [3.05, 3.63) is 11.6 Å². The maximum atomic E-state index is 6.13. The van der Waals surface area contributed by atoms with Crippen molar-refractivity contribution in [1.82, 2.24) is 5.32 Å². The summed E-state index contributed by atoms with van der Waals surface area (Å²) in [5.74, 6) is 0.827. The SMILES string of the molecule is CCCNC(CC1=CCCCC1)C1CCOC2(CCC2)C1. The highest BCUT2D eigenvalue weighted by atomic mass is 16.5. The van der Waals surface area contributed by atoms with Crippen LogP contribution in [0, 0.1) is 5.92 Å². The standard InChI is InChI=1S/C19H33NO/c1-2-12-20-18(14-16-7-4-3-5-8-16)17-9-13-21-19(15-17)10-6-11-19/h7,17-18,20H,2-6,8-15H2,1H3. The van der Waals surface area contributed by atoms with Gasteiger partial charge in [0.05, 0.1) is 5.60 Å². The van der Waals surface area contributed by atoms with Crippen molar-refractivity contribution < 1.29 is 4.74 Å². The molecule has 1 aliphatic heterocycles. The lowest BCUT2D eigenvalue weighted by Crippen LogP contribution is -2.50. The highest BCUT2D eigenvalue weighted by molar-refractivity contribution is 5.09. The van der Waals surface area contributed by atoms with Crippen LogP contribution in [0.4, 0.5) is 0 Å². The van der Waals surface area contributed by atoms with Gasteiger partial charge in [0.2, 0.25) is 0 Å². The first-order valence-electron chi connectivity index (χ1n) is 9.36. The first kappa shape index (κ1) is 15.6. The molecule has 2 atom stereocenters. The molecule has 0 bridgehead atoms. The van der Waals surface area contributed by atoms with E-state index in [1.165, 1.54) is 77.2 Å². The van der Waals surface area contributed by atoms with Gasteiger partial charge < -0.3 is 10.1 Å². The van der Waals surface area contributed by atoms with Gasteiger partial charge in [0.1, 0.15) is 0 Å². The van der Waals surface area contributed by atoms with Gasteiger partial charge in [-0.3, -0.25) is 0 Å². The zero-order valence-corrected chi connectivity index (χ0v) is 13.8. The molecule has 2 aliphatic carbocycles. The lowest BCUT2D eigenvalue weighted by Gasteiger charge is -2.49. The smallest absolute Gasteiger partial charge is 0.0685 e. The molecule has 1 saturated carbocycles. The third kappa shape index (κ3) is 3.90. The molecule has 2 nitrogen and oxygen atoms in total. The van der Waals surface area contributed by atoms with Gasteiger partial charge >= 0.3 is 0 Å². The summed E-state index contributed by atoms with van der Waals surface area (Å²) in [7, 11) is 0. The monoisotopic (exact) mass is 291 g/mol. The van der Waals surface area contributed by atoms with Crippen LogP contribution in [0.3, 0.4) is 0 Å². The molecule has 0 radical (unpaired) electrons. The van der Waals surface area contributed by atoms with Crippen molar-refractivity contribution in [3.63, 3.8) is 0 Å². The molecular formula is C19H33NO. The number of hydrogen-bond donors (Lipinski definition) is 1. The molecule has 0 amide bonds. The van der Waals surface area contributed by atoms with Gasteiger partial charge in [-0.05, 0) is 83.1 Å². The van der Waals surface area contributed by atoms with E-state index in [-0.39, 0.29) is 5.60 Å². The third-order valence-corrected chi connectivity index (χ3v) is 5.89. The van der Waals surface area contributed by atoms with E-state index in [0.29, 0.717) is 6.04 Å². The van der Waals surface area contributed by atoms with E-state index >= 15 is 0 Å². The van der Waals surface area contributed by atoms with Crippen molar-refractivity contribution >= 4 is 0 Å². The van der Waals surface area contributed by atoms with Crippen LogP contribution in [0.2, 0.25) is 0 Å². The summed E-state index contributed by atoms with van der Waals surface area (Å²) in [6.07, 6.45) is 17.1. The molecule has 0 aromatic carbocycles. The van der Waals surface area contributed by atoms with Crippen LogP contribution in [-0.4, -0.2) is 24.8 Å². The van der Waals surface area contributed by atoms with E-state index in [2.05, 4.69) is 18.3 Å². The average Bonchev–Trinajstić information content (AvgIpc) is 2.51. The summed E-state index contributed by atoms with van der Waals surface area (Å²) in [6.45, 7) is 4.44. The van der Waals surface area contributed by atoms with Crippen molar-refractivity contribution in [2.45, 2.75) is 89.2 Å². The molecule has 2 fully saturated rings. The van der Waals surface area contributed by atoms with Gasteiger partial charge in [0, 0.05) is 12.6 Å². The summed E-state index contributed by atoms with van der Waals surface area (Å²) in [5.41, 5.74) is 2.01. The summed E-state index contributed by atoms with van der Waals surface area (Å²) in [5, 5.41) is 3.88. The van der Waals surface area contributed by atoms with Crippen molar-refractivity contribution in [3.8, 4) is 0 Å². The third-order valence-electron chi connectivity index (χ3n) is 5.89. The predicted octanol–water partition coefficient (Wildman–Crippen LogP) is 4.59. The van der Waals surface area contributed by atoms with Crippen LogP contribution in [0.5, 0.6) is 0 Å². The quantitative estimate of drug-likeness (QED) is 0.722. The van der Waals surface area contributed by atoms with Gasteiger partial charge in [-0.2, -0.15) is 0 Å². The van der Waals surface area contributed by atoms with Gasteiger partial charge in [-0.15, -0.1) is 0 Å². The Kier molecular flexibility index (Phi) is 5.39. The molecule has 1 saturated heterocycles. The molecule has 120 valence electrons. The molecule has 1 heterocycles. The summed E-state index contributed by atoms with van der Waals surface area (Å²) in [6, 6.07) is 0.690. The fraction of sp³-hybridized carbons (Fsp3) is 0.895. The number of nitrogens with one attached hydrogen (secondary N) is 1. The first-order chi connectivity index (χ1) is 10.3. The minimum Gasteiger partial charge on any atom is -0.375 e. The fourth-order valence-corrected chi connectivity index (χ4v) is 4.44. The minimum absolute atomic E-state index is 0.288. The fourth-order valence-electron chi connectivity index (χ4n) is 4.44. The van der Waals surface area contributed by atoms with E-state index in [1.807, 2.05) is 0 Å². The van der Waals surface area contributed by atoms with E-state index in [0.717, 1.165) is 12.5 Å². The molecule has 2 unspecified atom stereocenters. The Morgan fingerprint density at radius 3 is 2.90 bits per heavy atom. The van der Waals surface area contributed by atoms with Crippen LogP contribution in [-0.2, 0) is 4.74 Å². The average molecular weight is 291 g/mol. The Bertz CT molecular complexity index is 359. The van der Waals surface area contributed by atoms with Crippen LogP contribution in [0.15, 0.2) is 11.6 Å². The Hall–Kier alpha value is -0.340. The van der Waals surface area contributed by atoms with E-state index < -0.39 is 0 Å². The zero-order valence-electron chi connectivity index (χ0n) is 13.8. The van der Waals surface area contributed by atoms with Crippen molar-refractivity contribution in [1.29, 1.82) is 0 Å². The van der Waals surface area contributed by atoms with E-state index in [9.17, 15) is 0 Å². The predicted molar refractivity (Wildman–Crippen MR) is 88.5 cm³/mol. The van der Waals surface area contributed by atoms with E-state index in [1.54, 1.807) is 5.57 Å². The number of rotatable bonds is 6. The van der Waals surface area contributed by atoms with Crippen LogP contribution in [0.25, 0.3) is 0 Å². The van der Waals surface area contributed by atoms with Crippen molar-refractivity contribution in [2.24, 2.45) is 5.92 Å². The Labute approximate surface area is 130 Å². The molecule has 21 heavy (non-hydrogen) atoms. The van der Waals surface area contributed by atoms with Crippen LogP contribution < -0.4 is 5.32 Å². The molecule has 3 rings (SSSR count). The van der Waals surface area contributed by atoms with Crippen molar-refractivity contribution in [2.75, 3.05) is 13.2 Å².